The van der Waals surface area contributed by atoms with E-state index in [1.807, 2.05) is 0 Å². The van der Waals surface area contributed by atoms with Gasteiger partial charge in [0.05, 0.1) is 11.6 Å². The Balaban J connectivity index is 1.98. The van der Waals surface area contributed by atoms with Crippen molar-refractivity contribution in [1.82, 2.24) is 0 Å². The average Bonchev–Trinajstić information content (AvgIpc) is 2.78. The minimum Gasteiger partial charge on any atom is -0.481 e. The predicted octanol–water partition coefficient (Wildman–Crippen LogP) is 3.07. The second-order valence-electron chi connectivity index (χ2n) is 3.98. The van der Waals surface area contributed by atoms with Gasteiger partial charge < -0.3 is 4.74 Å². The molecular formula is C12H12F3NO. The molecule has 92 valence electrons. The molecule has 0 amide bonds. The summed E-state index contributed by atoms with van der Waals surface area (Å²) in [6.45, 7) is 0.527. The molecule has 0 saturated carbocycles. The first-order chi connectivity index (χ1) is 8.05. The average molecular weight is 243 g/mol. The van der Waals surface area contributed by atoms with Crippen molar-refractivity contribution in [3.05, 3.63) is 35.4 Å². The number of rotatable bonds is 3. The Morgan fingerprint density at radius 3 is 2.82 bits per heavy atom. The third kappa shape index (κ3) is 3.22. The normalized spacial score (nSPS) is 19.4. The van der Waals surface area contributed by atoms with Crippen LogP contribution in [-0.2, 0) is 17.3 Å². The number of ether oxygens (including phenoxy) is 1. The van der Waals surface area contributed by atoms with Gasteiger partial charge in [0.1, 0.15) is 6.61 Å². The van der Waals surface area contributed by atoms with Gasteiger partial charge >= 0.3 is 6.18 Å². The number of halogens is 3. The highest BCUT2D eigenvalue weighted by molar-refractivity contribution is 5.48. The molecule has 1 atom stereocenters. The van der Waals surface area contributed by atoms with Crippen molar-refractivity contribution < 1.29 is 17.9 Å². The number of aliphatic imine (C=N–C) groups is 1. The predicted molar refractivity (Wildman–Crippen MR) is 58.0 cm³/mol. The van der Waals surface area contributed by atoms with E-state index in [1.165, 1.54) is 18.5 Å². The fraction of sp³-hybridized carbons (Fsp3) is 0.417. The molecule has 0 aliphatic carbocycles. The number of aryl methyl sites for hydroxylation is 1. The van der Waals surface area contributed by atoms with E-state index < -0.39 is 11.7 Å². The minimum absolute atomic E-state index is 0.0737. The lowest BCUT2D eigenvalue weighted by atomic mass is 10.0. The molecule has 0 radical (unpaired) electrons. The van der Waals surface area contributed by atoms with Crippen molar-refractivity contribution in [3.63, 3.8) is 0 Å². The molecule has 0 N–H and O–H groups in total. The Morgan fingerprint density at radius 1 is 1.35 bits per heavy atom. The molecule has 1 unspecified atom stereocenters. The Hall–Kier alpha value is -1.52. The van der Waals surface area contributed by atoms with E-state index in [4.69, 9.17) is 4.74 Å². The number of hydrogen-bond acceptors (Lipinski definition) is 2. The van der Waals surface area contributed by atoms with E-state index in [1.54, 1.807) is 6.07 Å². The number of hydrogen-bond donors (Lipinski definition) is 0. The Morgan fingerprint density at radius 2 is 2.18 bits per heavy atom. The molecule has 0 saturated heterocycles. The summed E-state index contributed by atoms with van der Waals surface area (Å²) in [7, 11) is 0. The van der Waals surface area contributed by atoms with Gasteiger partial charge in [-0.3, -0.25) is 4.99 Å². The number of alkyl halides is 3. The van der Waals surface area contributed by atoms with Crippen LogP contribution in [0.4, 0.5) is 13.2 Å². The Labute approximate surface area is 97.1 Å². The molecule has 0 aromatic heterocycles. The topological polar surface area (TPSA) is 21.6 Å². The van der Waals surface area contributed by atoms with Crippen molar-refractivity contribution >= 4 is 6.40 Å². The quantitative estimate of drug-likeness (QED) is 0.799. The maximum absolute atomic E-state index is 12.5. The highest BCUT2D eigenvalue weighted by Crippen LogP contribution is 2.29. The van der Waals surface area contributed by atoms with Crippen molar-refractivity contribution in [2.45, 2.75) is 25.1 Å². The molecule has 1 aliphatic heterocycles. The first-order valence-corrected chi connectivity index (χ1v) is 5.35. The van der Waals surface area contributed by atoms with Gasteiger partial charge in [0.25, 0.3) is 0 Å². The second-order valence-corrected chi connectivity index (χ2v) is 3.98. The van der Waals surface area contributed by atoms with Gasteiger partial charge in [0, 0.05) is 0 Å². The van der Waals surface area contributed by atoms with E-state index in [0.717, 1.165) is 6.07 Å². The van der Waals surface area contributed by atoms with Crippen LogP contribution < -0.4 is 0 Å². The highest BCUT2D eigenvalue weighted by atomic mass is 19.4. The van der Waals surface area contributed by atoms with Crippen LogP contribution in [0.1, 0.15) is 17.5 Å². The van der Waals surface area contributed by atoms with Gasteiger partial charge in [-0.15, -0.1) is 0 Å². The third-order valence-corrected chi connectivity index (χ3v) is 2.66. The largest absolute Gasteiger partial charge is 0.481 e. The molecule has 1 aromatic carbocycles. The van der Waals surface area contributed by atoms with Crippen molar-refractivity contribution in [2.24, 2.45) is 4.99 Å². The molecule has 5 heteroatoms. The van der Waals surface area contributed by atoms with Crippen LogP contribution in [0.15, 0.2) is 29.3 Å². The minimum atomic E-state index is -4.27. The zero-order valence-corrected chi connectivity index (χ0v) is 9.07. The van der Waals surface area contributed by atoms with Crippen molar-refractivity contribution in [1.29, 1.82) is 0 Å². The van der Waals surface area contributed by atoms with Crippen molar-refractivity contribution in [3.8, 4) is 0 Å². The summed E-state index contributed by atoms with van der Waals surface area (Å²) < 4.78 is 42.3. The lowest BCUT2D eigenvalue weighted by molar-refractivity contribution is -0.137. The molecule has 17 heavy (non-hydrogen) atoms. The molecule has 1 heterocycles. The Kier molecular flexibility index (Phi) is 3.36. The second kappa shape index (κ2) is 4.77. The number of benzene rings is 1. The fourth-order valence-electron chi connectivity index (χ4n) is 1.72. The van der Waals surface area contributed by atoms with Crippen LogP contribution in [-0.4, -0.2) is 19.0 Å². The molecule has 1 aromatic rings. The third-order valence-electron chi connectivity index (χ3n) is 2.66. The monoisotopic (exact) mass is 243 g/mol. The van der Waals surface area contributed by atoms with E-state index in [0.29, 0.717) is 25.0 Å². The summed E-state index contributed by atoms with van der Waals surface area (Å²) in [4.78, 5) is 4.05. The maximum atomic E-state index is 12.5. The standard InChI is InChI=1S/C12H12F3NO/c13-12(14,15)10-3-1-2-9(6-10)4-5-11-7-17-8-16-11/h1-3,6,8,11H,4-5,7H2. The van der Waals surface area contributed by atoms with Crippen LogP contribution in [0.25, 0.3) is 0 Å². The summed E-state index contributed by atoms with van der Waals surface area (Å²) in [5.41, 5.74) is 0.0862. The summed E-state index contributed by atoms with van der Waals surface area (Å²) in [5.74, 6) is 0. The van der Waals surface area contributed by atoms with Crippen molar-refractivity contribution in [2.75, 3.05) is 6.61 Å². The van der Waals surface area contributed by atoms with Crippen LogP contribution in [0, 0.1) is 0 Å². The van der Waals surface area contributed by atoms with E-state index in [-0.39, 0.29) is 6.04 Å². The zero-order valence-electron chi connectivity index (χ0n) is 9.07. The molecule has 0 bridgehead atoms. The van der Waals surface area contributed by atoms with Gasteiger partial charge in [-0.05, 0) is 24.5 Å². The SMILES string of the molecule is FC(F)(F)c1cccc(CCC2COC=N2)c1. The van der Waals surface area contributed by atoms with Crippen LogP contribution in [0.2, 0.25) is 0 Å². The van der Waals surface area contributed by atoms with E-state index >= 15 is 0 Å². The zero-order chi connectivity index (χ0) is 12.3. The van der Waals surface area contributed by atoms with Crippen LogP contribution in [0.5, 0.6) is 0 Å². The molecule has 0 spiro atoms. The molecule has 1 aliphatic rings. The summed E-state index contributed by atoms with van der Waals surface area (Å²) >= 11 is 0. The smallest absolute Gasteiger partial charge is 0.416 e. The maximum Gasteiger partial charge on any atom is 0.416 e. The number of nitrogens with zero attached hydrogens (tertiary/aromatic N) is 1. The van der Waals surface area contributed by atoms with Gasteiger partial charge in [0.15, 0.2) is 6.40 Å². The first-order valence-electron chi connectivity index (χ1n) is 5.35. The highest BCUT2D eigenvalue weighted by Gasteiger charge is 2.30. The molecule has 2 nitrogen and oxygen atoms in total. The summed E-state index contributed by atoms with van der Waals surface area (Å²) in [6, 6.07) is 5.49. The van der Waals surface area contributed by atoms with E-state index in [2.05, 4.69) is 4.99 Å². The van der Waals surface area contributed by atoms with Crippen LogP contribution in [0.3, 0.4) is 0 Å². The van der Waals surface area contributed by atoms with Gasteiger partial charge in [0.2, 0.25) is 0 Å². The molecule has 0 fully saturated rings. The van der Waals surface area contributed by atoms with Crippen LogP contribution >= 0.6 is 0 Å². The lowest BCUT2D eigenvalue weighted by Crippen LogP contribution is -2.09. The summed E-state index contributed by atoms with van der Waals surface area (Å²) in [5, 5.41) is 0. The van der Waals surface area contributed by atoms with Gasteiger partial charge in [-0.2, -0.15) is 13.2 Å². The Bertz CT molecular complexity index is 414. The molecular weight excluding hydrogens is 231 g/mol. The molecule has 2 rings (SSSR count). The first kappa shape index (κ1) is 12.0. The van der Waals surface area contributed by atoms with Gasteiger partial charge in [-0.25, -0.2) is 0 Å². The van der Waals surface area contributed by atoms with Gasteiger partial charge in [-0.1, -0.05) is 18.2 Å². The van der Waals surface area contributed by atoms with E-state index in [9.17, 15) is 13.2 Å². The fourth-order valence-corrected chi connectivity index (χ4v) is 1.72. The summed E-state index contributed by atoms with van der Waals surface area (Å²) in [6.07, 6.45) is -1.59. The lowest BCUT2D eigenvalue weighted by Gasteiger charge is -2.09.